The van der Waals surface area contributed by atoms with Crippen molar-refractivity contribution in [3.63, 3.8) is 0 Å². The largest absolute Gasteiger partial charge is 0.839 e. The number of nitrogens with zero attached hydrogens (tertiary/aromatic N) is 3. The minimum absolute atomic E-state index is 0.0718. The van der Waals surface area contributed by atoms with Crippen LogP contribution in [0.4, 0.5) is 4.79 Å². The minimum atomic E-state index is -0.730. The number of rotatable bonds is 8. The summed E-state index contributed by atoms with van der Waals surface area (Å²) >= 11 is 0. The van der Waals surface area contributed by atoms with E-state index in [1.807, 2.05) is 18.2 Å². The second-order valence-corrected chi connectivity index (χ2v) is 9.57. The number of likely N-dealkylation sites (tertiary alicyclic amines) is 1. The number of nitrogens with one attached hydrogen (secondary N) is 3. The smallest absolute Gasteiger partial charge is 0.523 e. The summed E-state index contributed by atoms with van der Waals surface area (Å²) in [5.74, 6) is -0.516. The van der Waals surface area contributed by atoms with Crippen molar-refractivity contribution in [2.45, 2.75) is 45.1 Å². The summed E-state index contributed by atoms with van der Waals surface area (Å²) in [4.78, 5) is 40.8. The van der Waals surface area contributed by atoms with E-state index < -0.39 is 11.9 Å². The number of urea groups is 1. The molecular weight excluding hydrogens is 448 g/mol. The van der Waals surface area contributed by atoms with Crippen LogP contribution in [0.2, 0.25) is 0 Å². The molecule has 2 saturated heterocycles. The zero-order chi connectivity index (χ0) is 24.8. The van der Waals surface area contributed by atoms with E-state index in [0.717, 1.165) is 49.2 Å². The standard InChI is InChI=1S/C25H34N6O4/c26-31-21(24(34)30(25(31)35)16-19-5-2-1-3-6-19)15-28-23(33)20-7-4-14-29(17-20)22(32)9-8-18-10-12-27-13-11-18/h1-3,5-6,18,20,27H,4,7-17H2,(H2-,26,28,33,34)/t20-/m1/s1. The topological polar surface area (TPSA) is 132 Å². The second-order valence-electron chi connectivity index (χ2n) is 9.57. The van der Waals surface area contributed by atoms with Gasteiger partial charge in [-0.15, -0.1) is 5.53 Å². The van der Waals surface area contributed by atoms with Crippen molar-refractivity contribution in [1.29, 1.82) is 5.53 Å². The van der Waals surface area contributed by atoms with Gasteiger partial charge in [-0.2, -0.15) is 9.69 Å². The average Bonchev–Trinajstić information content (AvgIpc) is 3.09. The molecule has 0 aromatic heterocycles. The minimum Gasteiger partial charge on any atom is -0.839 e. The molecule has 35 heavy (non-hydrogen) atoms. The Kier molecular flexibility index (Phi) is 8.12. The van der Waals surface area contributed by atoms with E-state index in [9.17, 15) is 19.5 Å². The molecule has 4 amide bonds. The third-order valence-electron chi connectivity index (χ3n) is 7.17. The van der Waals surface area contributed by atoms with Crippen LogP contribution in [0, 0.1) is 17.4 Å². The lowest BCUT2D eigenvalue weighted by atomic mass is 9.92. The summed E-state index contributed by atoms with van der Waals surface area (Å²) in [7, 11) is 0. The van der Waals surface area contributed by atoms with E-state index in [0.29, 0.717) is 36.5 Å². The number of carbonyl (C=O) groups excluding carboxylic acids is 3. The molecule has 1 aromatic rings. The van der Waals surface area contributed by atoms with E-state index in [2.05, 4.69) is 10.6 Å². The van der Waals surface area contributed by atoms with Crippen LogP contribution >= 0.6 is 0 Å². The van der Waals surface area contributed by atoms with E-state index >= 15 is 0 Å². The molecule has 1 aromatic carbocycles. The first kappa shape index (κ1) is 24.8. The highest BCUT2D eigenvalue weighted by atomic mass is 16.3. The van der Waals surface area contributed by atoms with Gasteiger partial charge in [0, 0.05) is 19.5 Å². The van der Waals surface area contributed by atoms with E-state index in [1.165, 1.54) is 0 Å². The van der Waals surface area contributed by atoms with Crippen molar-refractivity contribution in [1.82, 2.24) is 20.4 Å². The van der Waals surface area contributed by atoms with Crippen LogP contribution in [-0.2, 0) is 16.1 Å². The number of amides is 4. The van der Waals surface area contributed by atoms with E-state index in [4.69, 9.17) is 5.53 Å². The predicted molar refractivity (Wildman–Crippen MR) is 125 cm³/mol. The SMILES string of the molecule is N=[N+]1C(=O)N(Cc2ccccc2)C([O-])=C1CNC(=O)[C@@H]1CCCN(C(=O)CCC2CCNCC2)C1. The molecule has 188 valence electrons. The highest BCUT2D eigenvalue weighted by molar-refractivity contribution is 5.81. The lowest BCUT2D eigenvalue weighted by Crippen LogP contribution is -2.46. The number of piperidine rings is 2. The Morgan fingerprint density at radius 2 is 1.91 bits per heavy atom. The molecule has 0 radical (unpaired) electrons. The molecule has 0 saturated carbocycles. The van der Waals surface area contributed by atoms with Gasteiger partial charge < -0.3 is 20.6 Å². The van der Waals surface area contributed by atoms with Gasteiger partial charge in [0.25, 0.3) is 0 Å². The van der Waals surface area contributed by atoms with Crippen LogP contribution < -0.4 is 15.7 Å². The van der Waals surface area contributed by atoms with Crippen molar-refractivity contribution in [3.05, 3.63) is 47.5 Å². The highest BCUT2D eigenvalue weighted by Gasteiger charge is 2.40. The first-order valence-electron chi connectivity index (χ1n) is 12.5. The molecule has 1 atom stereocenters. The van der Waals surface area contributed by atoms with Gasteiger partial charge in [0.15, 0.2) is 5.70 Å². The Bertz CT molecular complexity index is 989. The first-order chi connectivity index (χ1) is 16.9. The van der Waals surface area contributed by atoms with Crippen LogP contribution in [0.3, 0.4) is 0 Å². The molecular formula is C25H34N6O4. The fourth-order valence-electron chi connectivity index (χ4n) is 5.02. The molecule has 3 aliphatic heterocycles. The number of carbonyl (C=O) groups is 3. The van der Waals surface area contributed by atoms with E-state index in [1.54, 1.807) is 17.0 Å². The van der Waals surface area contributed by atoms with Crippen molar-refractivity contribution >= 4 is 17.8 Å². The van der Waals surface area contributed by atoms with Crippen LogP contribution in [0.25, 0.3) is 0 Å². The van der Waals surface area contributed by atoms with Gasteiger partial charge in [0.05, 0.1) is 12.5 Å². The molecule has 3 heterocycles. The van der Waals surface area contributed by atoms with Gasteiger partial charge in [-0.25, -0.2) is 0 Å². The van der Waals surface area contributed by atoms with Gasteiger partial charge in [0.2, 0.25) is 11.8 Å². The van der Waals surface area contributed by atoms with Gasteiger partial charge in [0.1, 0.15) is 12.4 Å². The fraction of sp³-hybridized carbons (Fsp3) is 0.560. The Labute approximate surface area is 205 Å². The maximum atomic E-state index is 12.8. The van der Waals surface area contributed by atoms with Crippen molar-refractivity contribution in [3.8, 4) is 0 Å². The van der Waals surface area contributed by atoms with Gasteiger partial charge in [-0.05, 0) is 56.7 Å². The predicted octanol–water partition coefficient (Wildman–Crippen LogP) is 1.33. The third kappa shape index (κ3) is 6.05. The van der Waals surface area contributed by atoms with Crippen LogP contribution in [0.5, 0.6) is 0 Å². The fourth-order valence-corrected chi connectivity index (χ4v) is 5.02. The Hall–Kier alpha value is -3.27. The van der Waals surface area contributed by atoms with Crippen molar-refractivity contribution in [2.75, 3.05) is 32.7 Å². The summed E-state index contributed by atoms with van der Waals surface area (Å²) in [6.45, 7) is 2.92. The van der Waals surface area contributed by atoms with Crippen LogP contribution in [-0.4, -0.2) is 65.1 Å². The molecule has 3 N–H and O–H groups in total. The number of hydrogen-bond donors (Lipinski definition) is 3. The molecule has 0 aliphatic carbocycles. The summed E-state index contributed by atoms with van der Waals surface area (Å²) in [5, 5.41) is 18.8. The van der Waals surface area contributed by atoms with Crippen molar-refractivity contribution < 1.29 is 24.2 Å². The number of benzene rings is 1. The Morgan fingerprint density at radius 3 is 2.66 bits per heavy atom. The Morgan fingerprint density at radius 1 is 1.17 bits per heavy atom. The van der Waals surface area contributed by atoms with Crippen molar-refractivity contribution in [2.24, 2.45) is 11.8 Å². The summed E-state index contributed by atoms with van der Waals surface area (Å²) < 4.78 is 0.559. The lowest BCUT2D eigenvalue weighted by molar-refractivity contribution is -0.472. The number of hydrogen-bond acceptors (Lipinski definition) is 6. The monoisotopic (exact) mass is 482 g/mol. The van der Waals surface area contributed by atoms with Gasteiger partial charge >= 0.3 is 6.03 Å². The molecule has 10 nitrogen and oxygen atoms in total. The lowest BCUT2D eigenvalue weighted by Gasteiger charge is -2.32. The van der Waals surface area contributed by atoms with Gasteiger partial charge in [-0.3, -0.25) is 9.59 Å². The molecule has 0 bridgehead atoms. The zero-order valence-corrected chi connectivity index (χ0v) is 20.0. The molecule has 10 heteroatoms. The summed E-state index contributed by atoms with van der Waals surface area (Å²) in [6, 6.07) is 8.35. The third-order valence-corrected chi connectivity index (χ3v) is 7.17. The quantitative estimate of drug-likeness (QED) is 0.481. The maximum Gasteiger partial charge on any atom is 0.523 e. The molecule has 0 unspecified atom stereocenters. The maximum absolute atomic E-state index is 12.8. The second kappa shape index (κ2) is 11.4. The summed E-state index contributed by atoms with van der Waals surface area (Å²) in [5.41, 5.74) is 8.70. The van der Waals surface area contributed by atoms with Crippen LogP contribution in [0.15, 0.2) is 41.9 Å². The zero-order valence-electron chi connectivity index (χ0n) is 20.0. The summed E-state index contributed by atoms with van der Waals surface area (Å²) in [6.07, 6.45) is 5.03. The van der Waals surface area contributed by atoms with Gasteiger partial charge in [-0.1, -0.05) is 35.0 Å². The van der Waals surface area contributed by atoms with E-state index in [-0.39, 0.29) is 36.5 Å². The Balaban J connectivity index is 1.28. The average molecular weight is 483 g/mol. The molecule has 4 rings (SSSR count). The van der Waals surface area contributed by atoms with Crippen LogP contribution in [0.1, 0.15) is 44.1 Å². The molecule has 0 spiro atoms. The first-order valence-corrected chi connectivity index (χ1v) is 12.5. The molecule has 2 fully saturated rings. The normalized spacial score (nSPS) is 21.5. The highest BCUT2D eigenvalue weighted by Crippen LogP contribution is 2.23. The molecule has 3 aliphatic rings.